The summed E-state index contributed by atoms with van der Waals surface area (Å²) in [5.41, 5.74) is 4.18. The molecule has 1 aromatic carbocycles. The van der Waals surface area contributed by atoms with E-state index in [4.69, 9.17) is 5.73 Å². The van der Waals surface area contributed by atoms with Gasteiger partial charge in [-0.2, -0.15) is 13.2 Å². The Morgan fingerprint density at radius 2 is 1.89 bits per heavy atom. The first-order valence-corrected chi connectivity index (χ1v) is 5.02. The maximum absolute atomic E-state index is 12.2. The van der Waals surface area contributed by atoms with E-state index in [1.54, 1.807) is 13.0 Å². The second-order valence-electron chi connectivity index (χ2n) is 3.94. The number of allylic oxidation sites excluding steroid dienone is 2. The lowest BCUT2D eigenvalue weighted by Gasteiger charge is -2.09. The first-order valence-electron chi connectivity index (χ1n) is 5.02. The van der Waals surface area contributed by atoms with Gasteiger partial charge in [-0.25, -0.2) is 0 Å². The van der Waals surface area contributed by atoms with Crippen LogP contribution in [-0.2, 0) is 0 Å². The van der Waals surface area contributed by atoms with E-state index in [1.807, 2.05) is 0 Å². The Labute approximate surface area is 102 Å². The third-order valence-electron chi connectivity index (χ3n) is 2.32. The van der Waals surface area contributed by atoms with Gasteiger partial charge >= 0.3 is 6.18 Å². The Hall–Kier alpha value is -1.98. The van der Waals surface area contributed by atoms with Crippen LogP contribution in [0.4, 0.5) is 13.2 Å². The Balaban J connectivity index is 3.21. The summed E-state index contributed by atoms with van der Waals surface area (Å²) >= 11 is 0. The van der Waals surface area contributed by atoms with Gasteiger partial charge in [0.1, 0.15) is 11.4 Å². The minimum atomic E-state index is -4.76. The van der Waals surface area contributed by atoms with Crippen molar-refractivity contribution in [2.75, 3.05) is 0 Å². The highest BCUT2D eigenvalue weighted by Gasteiger charge is 2.32. The Morgan fingerprint density at radius 3 is 2.33 bits per heavy atom. The highest BCUT2D eigenvalue weighted by atomic mass is 19.4. The van der Waals surface area contributed by atoms with Crippen molar-refractivity contribution in [3.05, 3.63) is 40.6 Å². The molecule has 0 amide bonds. The van der Waals surface area contributed by atoms with Crippen LogP contribution in [0.5, 0.6) is 5.75 Å². The lowest BCUT2D eigenvalue weighted by atomic mass is 10.00. The molecular weight excluding hydrogens is 247 g/mol. The summed E-state index contributed by atoms with van der Waals surface area (Å²) in [6.45, 7) is 3.22. The van der Waals surface area contributed by atoms with Crippen LogP contribution < -0.4 is 5.73 Å². The van der Waals surface area contributed by atoms with Crippen LogP contribution in [0.2, 0.25) is 0 Å². The van der Waals surface area contributed by atoms with Crippen molar-refractivity contribution in [3.63, 3.8) is 0 Å². The number of benzene rings is 1. The highest BCUT2D eigenvalue weighted by molar-refractivity contribution is 6.08. The molecule has 0 aliphatic rings. The highest BCUT2D eigenvalue weighted by Crippen LogP contribution is 2.26. The predicted octanol–water partition coefficient (Wildman–Crippen LogP) is 2.60. The van der Waals surface area contributed by atoms with E-state index in [2.05, 4.69) is 0 Å². The smallest absolute Gasteiger partial charge is 0.430 e. The van der Waals surface area contributed by atoms with Crippen molar-refractivity contribution in [2.45, 2.75) is 20.0 Å². The number of aryl methyl sites for hydroxylation is 2. The summed E-state index contributed by atoms with van der Waals surface area (Å²) in [4.78, 5) is 11.6. The summed E-state index contributed by atoms with van der Waals surface area (Å²) in [6.07, 6.45) is -4.48. The zero-order valence-corrected chi connectivity index (χ0v) is 9.80. The average Bonchev–Trinajstić information content (AvgIpc) is 2.13. The minimum absolute atomic E-state index is 0.173. The first-order chi connectivity index (χ1) is 8.12. The number of ketones is 1. The number of aromatic hydroxyl groups is 1. The van der Waals surface area contributed by atoms with Gasteiger partial charge in [0.15, 0.2) is 5.78 Å². The molecule has 0 saturated heterocycles. The van der Waals surface area contributed by atoms with E-state index < -0.39 is 17.7 Å². The van der Waals surface area contributed by atoms with E-state index in [0.29, 0.717) is 11.1 Å². The average molecular weight is 259 g/mol. The quantitative estimate of drug-likeness (QED) is 0.633. The molecule has 0 bridgehead atoms. The standard InChI is InChI=1S/C12H12F3NO2/c1-6-3-7(2)11(8(17)4-6)9(18)5-10(16)12(13,14)15/h3-5,17H,16H2,1-2H3/b10-5-. The van der Waals surface area contributed by atoms with Gasteiger partial charge in [-0.3, -0.25) is 4.79 Å². The van der Waals surface area contributed by atoms with Gasteiger partial charge in [0.25, 0.3) is 0 Å². The van der Waals surface area contributed by atoms with E-state index >= 15 is 0 Å². The molecule has 1 rings (SSSR count). The second kappa shape index (κ2) is 4.72. The van der Waals surface area contributed by atoms with Crippen molar-refractivity contribution < 1.29 is 23.1 Å². The zero-order chi connectivity index (χ0) is 14.1. The molecule has 0 spiro atoms. The monoisotopic (exact) mass is 259 g/mol. The van der Waals surface area contributed by atoms with Crippen LogP contribution in [-0.4, -0.2) is 17.1 Å². The topological polar surface area (TPSA) is 63.3 Å². The fourth-order valence-electron chi connectivity index (χ4n) is 1.56. The molecule has 3 nitrogen and oxygen atoms in total. The van der Waals surface area contributed by atoms with Gasteiger partial charge in [0.2, 0.25) is 0 Å². The molecule has 0 aliphatic carbocycles. The number of alkyl halides is 3. The fourth-order valence-corrected chi connectivity index (χ4v) is 1.56. The van der Waals surface area contributed by atoms with Crippen molar-refractivity contribution in [1.82, 2.24) is 0 Å². The van der Waals surface area contributed by atoms with Gasteiger partial charge in [-0.15, -0.1) is 0 Å². The number of carbonyl (C=O) groups excluding carboxylic acids is 1. The molecule has 0 unspecified atom stereocenters. The van der Waals surface area contributed by atoms with Crippen LogP contribution in [0.15, 0.2) is 23.9 Å². The third-order valence-corrected chi connectivity index (χ3v) is 2.32. The van der Waals surface area contributed by atoms with Gasteiger partial charge in [0, 0.05) is 6.08 Å². The second-order valence-corrected chi connectivity index (χ2v) is 3.94. The lowest BCUT2D eigenvalue weighted by Crippen LogP contribution is -2.20. The van der Waals surface area contributed by atoms with Crippen LogP contribution in [0.3, 0.4) is 0 Å². The van der Waals surface area contributed by atoms with Gasteiger partial charge in [-0.1, -0.05) is 6.07 Å². The van der Waals surface area contributed by atoms with Gasteiger partial charge in [0.05, 0.1) is 5.56 Å². The van der Waals surface area contributed by atoms with Crippen LogP contribution in [0.25, 0.3) is 0 Å². The molecule has 0 saturated carbocycles. The van der Waals surface area contributed by atoms with E-state index in [0.717, 1.165) is 0 Å². The maximum Gasteiger partial charge on any atom is 0.430 e. The number of phenolic OH excluding ortho intramolecular Hbond substituents is 1. The summed E-state index contributed by atoms with van der Waals surface area (Å²) in [5.74, 6) is -1.33. The summed E-state index contributed by atoms with van der Waals surface area (Å²) in [6, 6.07) is 2.89. The molecule has 98 valence electrons. The number of nitrogens with two attached hydrogens (primary N) is 1. The normalized spacial score (nSPS) is 12.6. The summed E-state index contributed by atoms with van der Waals surface area (Å²) in [7, 11) is 0. The fraction of sp³-hybridized carbons (Fsp3) is 0.250. The molecule has 3 N–H and O–H groups in total. The number of hydrogen-bond donors (Lipinski definition) is 2. The van der Waals surface area contributed by atoms with Crippen molar-refractivity contribution in [2.24, 2.45) is 5.73 Å². The van der Waals surface area contributed by atoms with E-state index in [1.165, 1.54) is 13.0 Å². The van der Waals surface area contributed by atoms with Crippen molar-refractivity contribution in [3.8, 4) is 5.75 Å². The SMILES string of the molecule is Cc1cc(C)c(C(=O)/C=C(\N)C(F)(F)F)c(O)c1. The Bertz CT molecular complexity index is 496. The molecule has 0 heterocycles. The maximum atomic E-state index is 12.2. The molecule has 18 heavy (non-hydrogen) atoms. The van der Waals surface area contributed by atoms with Gasteiger partial charge in [-0.05, 0) is 31.0 Å². The first kappa shape index (κ1) is 14.1. The van der Waals surface area contributed by atoms with Crippen LogP contribution >= 0.6 is 0 Å². The molecular formula is C12H12F3NO2. The van der Waals surface area contributed by atoms with Crippen LogP contribution in [0.1, 0.15) is 21.5 Å². The van der Waals surface area contributed by atoms with Crippen molar-refractivity contribution in [1.29, 1.82) is 0 Å². The molecule has 0 atom stereocenters. The van der Waals surface area contributed by atoms with Gasteiger partial charge < -0.3 is 10.8 Å². The lowest BCUT2D eigenvalue weighted by molar-refractivity contribution is -0.0927. The predicted molar refractivity (Wildman–Crippen MR) is 60.2 cm³/mol. The largest absolute Gasteiger partial charge is 0.507 e. The number of rotatable bonds is 2. The summed E-state index contributed by atoms with van der Waals surface area (Å²) < 4.78 is 36.5. The Morgan fingerprint density at radius 1 is 1.33 bits per heavy atom. The number of phenols is 1. The van der Waals surface area contributed by atoms with E-state index in [9.17, 15) is 23.1 Å². The molecule has 6 heteroatoms. The third kappa shape index (κ3) is 3.03. The zero-order valence-electron chi connectivity index (χ0n) is 9.80. The minimum Gasteiger partial charge on any atom is -0.507 e. The molecule has 0 radical (unpaired) electrons. The van der Waals surface area contributed by atoms with Crippen LogP contribution in [0, 0.1) is 13.8 Å². The molecule has 0 aromatic heterocycles. The number of halogens is 3. The number of hydrogen-bond acceptors (Lipinski definition) is 3. The molecule has 0 fully saturated rings. The van der Waals surface area contributed by atoms with Crippen molar-refractivity contribution >= 4 is 5.78 Å². The number of carbonyl (C=O) groups is 1. The molecule has 0 aliphatic heterocycles. The summed E-state index contributed by atoms with van der Waals surface area (Å²) in [5, 5.41) is 9.59. The Kier molecular flexibility index (Phi) is 3.69. The molecule has 1 aromatic rings. The van der Waals surface area contributed by atoms with E-state index in [-0.39, 0.29) is 17.4 Å².